The number of nitrogens with one attached hydrogen (secondary N) is 2. The Morgan fingerprint density at radius 2 is 1.61 bits per heavy atom. The van der Waals surface area contributed by atoms with Gasteiger partial charge in [0.1, 0.15) is 11.6 Å². The molecule has 36 heavy (non-hydrogen) atoms. The van der Waals surface area contributed by atoms with Crippen molar-refractivity contribution in [1.29, 1.82) is 0 Å². The van der Waals surface area contributed by atoms with Crippen LogP contribution in [0.2, 0.25) is 0 Å². The first kappa shape index (κ1) is 27.7. The number of halogens is 2. The Kier molecular flexibility index (Phi) is 10.3. The number of aryl methyl sites for hydroxylation is 1. The highest BCUT2D eigenvalue weighted by molar-refractivity contribution is 5.82. The summed E-state index contributed by atoms with van der Waals surface area (Å²) in [6, 6.07) is 14.4. The van der Waals surface area contributed by atoms with Gasteiger partial charge in [0.15, 0.2) is 0 Å². The van der Waals surface area contributed by atoms with Crippen molar-refractivity contribution in [2.75, 3.05) is 32.8 Å². The average Bonchev–Trinajstić information content (AvgIpc) is 2.89. The van der Waals surface area contributed by atoms with Gasteiger partial charge in [0.25, 0.3) is 12.3 Å². The van der Waals surface area contributed by atoms with Crippen molar-refractivity contribution in [3.63, 3.8) is 0 Å². The second-order valence-corrected chi connectivity index (χ2v) is 9.03. The SMILES string of the molecule is CC(O)(C(F)F)C(NCCCc1ccc(C#Cc2ccc(CN3CCOCC3)cc2)cc1)C(=O)NO. The smallest absolute Gasteiger partial charge is 0.268 e. The average molecular weight is 502 g/mol. The Morgan fingerprint density at radius 1 is 1.06 bits per heavy atom. The lowest BCUT2D eigenvalue weighted by Gasteiger charge is -2.31. The summed E-state index contributed by atoms with van der Waals surface area (Å²) in [5.74, 6) is 5.22. The molecule has 0 bridgehead atoms. The molecule has 0 radical (unpaired) electrons. The highest BCUT2D eigenvalue weighted by Crippen LogP contribution is 2.20. The van der Waals surface area contributed by atoms with E-state index in [0.29, 0.717) is 12.8 Å². The largest absolute Gasteiger partial charge is 0.382 e. The van der Waals surface area contributed by atoms with E-state index in [1.54, 1.807) is 0 Å². The van der Waals surface area contributed by atoms with Gasteiger partial charge >= 0.3 is 0 Å². The lowest BCUT2D eigenvalue weighted by atomic mass is 9.96. The minimum Gasteiger partial charge on any atom is -0.382 e. The van der Waals surface area contributed by atoms with E-state index < -0.39 is 24.0 Å². The van der Waals surface area contributed by atoms with Crippen molar-refractivity contribution >= 4 is 5.91 Å². The summed E-state index contributed by atoms with van der Waals surface area (Å²) in [5, 5.41) is 21.3. The predicted octanol–water partition coefficient (Wildman–Crippen LogP) is 2.33. The molecule has 2 unspecified atom stereocenters. The molecule has 1 aliphatic rings. The second-order valence-electron chi connectivity index (χ2n) is 9.03. The van der Waals surface area contributed by atoms with Gasteiger partial charge in [0, 0.05) is 30.8 Å². The molecular weight excluding hydrogens is 468 g/mol. The summed E-state index contributed by atoms with van der Waals surface area (Å²) in [4.78, 5) is 14.1. The van der Waals surface area contributed by atoms with Gasteiger partial charge in [0.05, 0.1) is 13.2 Å². The number of hydrogen-bond donors (Lipinski definition) is 4. The second kappa shape index (κ2) is 13.4. The van der Waals surface area contributed by atoms with Crippen LogP contribution in [-0.2, 0) is 22.5 Å². The van der Waals surface area contributed by atoms with Crippen LogP contribution in [0.15, 0.2) is 48.5 Å². The molecule has 0 aliphatic carbocycles. The molecule has 9 heteroatoms. The molecule has 1 amide bonds. The van der Waals surface area contributed by atoms with Gasteiger partial charge in [-0.3, -0.25) is 14.9 Å². The Hall–Kier alpha value is -2.87. The van der Waals surface area contributed by atoms with Gasteiger partial charge in [-0.05, 0) is 61.7 Å². The van der Waals surface area contributed by atoms with Gasteiger partial charge in [-0.1, -0.05) is 36.1 Å². The number of amides is 1. The topological polar surface area (TPSA) is 94.1 Å². The third kappa shape index (κ3) is 8.08. The molecule has 7 nitrogen and oxygen atoms in total. The van der Waals surface area contributed by atoms with Crippen molar-refractivity contribution in [3.8, 4) is 11.8 Å². The molecular formula is C27H33F2N3O4. The Balaban J connectivity index is 1.47. The molecule has 1 heterocycles. The summed E-state index contributed by atoms with van der Waals surface area (Å²) in [6.45, 7) is 5.44. The highest BCUT2D eigenvalue weighted by Gasteiger charge is 2.44. The zero-order chi connectivity index (χ0) is 26.0. The van der Waals surface area contributed by atoms with E-state index >= 15 is 0 Å². The number of nitrogens with zero attached hydrogens (tertiary/aromatic N) is 1. The van der Waals surface area contributed by atoms with Gasteiger partial charge < -0.3 is 15.2 Å². The minimum atomic E-state index is -3.16. The zero-order valence-electron chi connectivity index (χ0n) is 20.3. The lowest BCUT2D eigenvalue weighted by molar-refractivity contribution is -0.150. The number of morpholine rings is 1. The zero-order valence-corrected chi connectivity index (χ0v) is 20.3. The van der Waals surface area contributed by atoms with Crippen molar-refractivity contribution in [2.45, 2.75) is 44.4 Å². The molecule has 0 saturated carbocycles. The highest BCUT2D eigenvalue weighted by atomic mass is 19.3. The van der Waals surface area contributed by atoms with Crippen LogP contribution < -0.4 is 10.8 Å². The number of hydroxylamine groups is 1. The maximum absolute atomic E-state index is 13.1. The van der Waals surface area contributed by atoms with Crippen LogP contribution in [0.25, 0.3) is 0 Å². The summed E-state index contributed by atoms with van der Waals surface area (Å²) in [6.07, 6.45) is -1.99. The fourth-order valence-electron chi connectivity index (χ4n) is 3.90. The minimum absolute atomic E-state index is 0.198. The van der Waals surface area contributed by atoms with Crippen molar-refractivity contribution in [1.82, 2.24) is 15.7 Å². The fraction of sp³-hybridized carbons (Fsp3) is 0.444. The molecule has 1 saturated heterocycles. The van der Waals surface area contributed by atoms with Crippen LogP contribution in [0.5, 0.6) is 0 Å². The van der Waals surface area contributed by atoms with E-state index in [4.69, 9.17) is 9.94 Å². The van der Waals surface area contributed by atoms with E-state index in [0.717, 1.165) is 56.5 Å². The molecule has 3 rings (SSSR count). The summed E-state index contributed by atoms with van der Waals surface area (Å²) in [7, 11) is 0. The molecule has 2 aromatic carbocycles. The molecule has 1 aliphatic heterocycles. The fourth-order valence-corrected chi connectivity index (χ4v) is 3.90. The third-order valence-corrected chi connectivity index (χ3v) is 6.16. The third-order valence-electron chi connectivity index (χ3n) is 6.16. The van der Waals surface area contributed by atoms with E-state index in [2.05, 4.69) is 34.2 Å². The predicted molar refractivity (Wildman–Crippen MR) is 132 cm³/mol. The van der Waals surface area contributed by atoms with Crippen LogP contribution in [-0.4, -0.2) is 72.0 Å². The number of aliphatic hydroxyl groups is 1. The number of alkyl halides is 2. The number of rotatable bonds is 10. The number of carbonyl (C=O) groups excluding carboxylic acids is 1. The number of ether oxygens (including phenoxy) is 1. The van der Waals surface area contributed by atoms with Gasteiger partial charge in [-0.2, -0.15) is 0 Å². The van der Waals surface area contributed by atoms with Crippen LogP contribution in [0.3, 0.4) is 0 Å². The number of carbonyl (C=O) groups is 1. The van der Waals surface area contributed by atoms with Crippen LogP contribution in [0.1, 0.15) is 35.6 Å². The number of hydrogen-bond acceptors (Lipinski definition) is 6. The van der Waals surface area contributed by atoms with E-state index in [1.807, 2.05) is 36.4 Å². The lowest BCUT2D eigenvalue weighted by Crippen LogP contribution is -2.60. The molecule has 4 N–H and O–H groups in total. The monoisotopic (exact) mass is 501 g/mol. The normalized spacial score (nSPS) is 16.6. The molecule has 2 aromatic rings. The van der Waals surface area contributed by atoms with Crippen molar-refractivity contribution < 1.29 is 28.6 Å². The Bertz CT molecular complexity index is 1030. The van der Waals surface area contributed by atoms with E-state index in [9.17, 15) is 18.7 Å². The maximum Gasteiger partial charge on any atom is 0.268 e. The molecule has 2 atom stereocenters. The van der Waals surface area contributed by atoms with Gasteiger partial charge in [0.2, 0.25) is 0 Å². The Morgan fingerprint density at radius 3 is 2.14 bits per heavy atom. The van der Waals surface area contributed by atoms with Crippen molar-refractivity contribution in [3.05, 3.63) is 70.8 Å². The van der Waals surface area contributed by atoms with Gasteiger partial charge in [-0.25, -0.2) is 14.3 Å². The Labute approximate surface area is 210 Å². The standard InChI is InChI=1S/C27H33F2N3O4/c1-27(34,26(28)29)24(25(33)31-35)30-14-2-3-20-4-6-21(7-5-20)8-9-22-10-12-23(13-11-22)19-32-15-17-36-18-16-32/h4-7,10-13,24,26,30,34-35H,2-3,14-19H2,1H3,(H,31,33). The summed E-state index contributed by atoms with van der Waals surface area (Å²) >= 11 is 0. The van der Waals surface area contributed by atoms with Gasteiger partial charge in [-0.15, -0.1) is 0 Å². The van der Waals surface area contributed by atoms with Crippen LogP contribution in [0, 0.1) is 11.8 Å². The van der Waals surface area contributed by atoms with E-state index in [-0.39, 0.29) is 6.54 Å². The number of benzene rings is 2. The quantitative estimate of drug-likeness (QED) is 0.173. The molecule has 0 spiro atoms. The molecule has 194 valence electrons. The first-order valence-electron chi connectivity index (χ1n) is 12.0. The summed E-state index contributed by atoms with van der Waals surface area (Å²) < 4.78 is 31.5. The molecule has 0 aromatic heterocycles. The van der Waals surface area contributed by atoms with Crippen LogP contribution >= 0.6 is 0 Å². The maximum atomic E-state index is 13.1. The first-order chi connectivity index (χ1) is 17.3. The first-order valence-corrected chi connectivity index (χ1v) is 12.0. The van der Waals surface area contributed by atoms with E-state index in [1.165, 1.54) is 11.0 Å². The van der Waals surface area contributed by atoms with Crippen molar-refractivity contribution in [2.24, 2.45) is 0 Å². The molecule has 1 fully saturated rings. The summed E-state index contributed by atoms with van der Waals surface area (Å²) in [5.41, 5.74) is 2.80. The van der Waals surface area contributed by atoms with Crippen LogP contribution in [0.4, 0.5) is 8.78 Å².